The van der Waals surface area contributed by atoms with E-state index in [1.165, 1.54) is 13.3 Å². The number of ether oxygens (including phenoxy) is 1. The topological polar surface area (TPSA) is 106 Å². The van der Waals surface area contributed by atoms with Crippen LogP contribution in [0.25, 0.3) is 11.2 Å². The molecule has 0 unspecified atom stereocenters. The Morgan fingerprint density at radius 2 is 2.22 bits per heavy atom. The third kappa shape index (κ3) is 3.19. The maximum absolute atomic E-state index is 12.2. The van der Waals surface area contributed by atoms with E-state index in [1.54, 1.807) is 16.7 Å². The van der Waals surface area contributed by atoms with Crippen molar-refractivity contribution in [3.63, 3.8) is 0 Å². The molecule has 3 N–H and O–H groups in total. The lowest BCUT2D eigenvalue weighted by Gasteiger charge is -2.16. The van der Waals surface area contributed by atoms with Crippen LogP contribution in [0.5, 0.6) is 5.88 Å². The zero-order valence-electron chi connectivity index (χ0n) is 13.1. The van der Waals surface area contributed by atoms with Gasteiger partial charge in [0.2, 0.25) is 5.88 Å². The minimum Gasteiger partial charge on any atom is -0.481 e. The summed E-state index contributed by atoms with van der Waals surface area (Å²) in [4.78, 5) is 22.7. The second kappa shape index (κ2) is 6.61. The Balaban J connectivity index is 1.82. The van der Waals surface area contributed by atoms with E-state index in [9.17, 15) is 9.90 Å². The average Bonchev–Trinajstić information content (AvgIpc) is 2.93. The van der Waals surface area contributed by atoms with Crippen molar-refractivity contribution >= 4 is 11.2 Å². The number of aliphatic hydroxyl groups is 1. The first-order valence-corrected chi connectivity index (χ1v) is 7.63. The van der Waals surface area contributed by atoms with E-state index in [2.05, 4.69) is 14.9 Å². The molecule has 0 saturated carbocycles. The van der Waals surface area contributed by atoms with Crippen LogP contribution in [0.15, 0.2) is 23.1 Å². The van der Waals surface area contributed by atoms with Gasteiger partial charge in [-0.2, -0.15) is 4.98 Å². The molecule has 8 heteroatoms. The first-order valence-electron chi connectivity index (χ1n) is 7.63. The molecule has 2 atom stereocenters. The number of hydrogen-bond donors (Lipinski definition) is 2. The molecular weight excluding hydrogens is 298 g/mol. The van der Waals surface area contributed by atoms with E-state index in [-0.39, 0.29) is 11.5 Å². The molecule has 0 aromatic carbocycles. The molecular formula is C15H21N5O3. The van der Waals surface area contributed by atoms with Gasteiger partial charge in [0.15, 0.2) is 5.65 Å². The van der Waals surface area contributed by atoms with Gasteiger partial charge in [-0.25, -0.2) is 4.98 Å². The fourth-order valence-corrected chi connectivity index (χ4v) is 2.95. The highest BCUT2D eigenvalue weighted by Crippen LogP contribution is 2.16. The molecule has 2 aromatic rings. The van der Waals surface area contributed by atoms with Crippen molar-refractivity contribution in [1.82, 2.24) is 19.4 Å². The van der Waals surface area contributed by atoms with E-state index < -0.39 is 6.10 Å². The molecule has 0 spiro atoms. The van der Waals surface area contributed by atoms with Crippen LogP contribution in [0.2, 0.25) is 0 Å². The Morgan fingerprint density at radius 1 is 1.39 bits per heavy atom. The van der Waals surface area contributed by atoms with Crippen LogP contribution in [0, 0.1) is 5.92 Å². The minimum atomic E-state index is -0.399. The fraction of sp³-hybridized carbons (Fsp3) is 0.533. The highest BCUT2D eigenvalue weighted by molar-refractivity contribution is 5.70. The van der Waals surface area contributed by atoms with E-state index in [4.69, 9.17) is 10.5 Å². The Kier molecular flexibility index (Phi) is 4.56. The smallest absolute Gasteiger partial charge is 0.270 e. The quantitative estimate of drug-likeness (QED) is 0.732. The zero-order valence-corrected chi connectivity index (χ0v) is 13.1. The summed E-state index contributed by atoms with van der Waals surface area (Å²) >= 11 is 0. The van der Waals surface area contributed by atoms with Crippen LogP contribution in [0.1, 0.15) is 0 Å². The van der Waals surface area contributed by atoms with Crippen LogP contribution in [-0.4, -0.2) is 63.9 Å². The molecule has 1 aliphatic rings. The van der Waals surface area contributed by atoms with Crippen LogP contribution in [-0.2, 0) is 6.54 Å². The van der Waals surface area contributed by atoms with Gasteiger partial charge < -0.3 is 15.6 Å². The number of nitrogens with two attached hydrogens (primary N) is 1. The molecule has 0 amide bonds. The average molecular weight is 319 g/mol. The van der Waals surface area contributed by atoms with Crippen molar-refractivity contribution in [2.24, 2.45) is 11.7 Å². The van der Waals surface area contributed by atoms with Crippen molar-refractivity contribution in [3.8, 4) is 5.88 Å². The highest BCUT2D eigenvalue weighted by atomic mass is 16.5. The summed E-state index contributed by atoms with van der Waals surface area (Å²) in [5, 5.41) is 9.92. The largest absolute Gasteiger partial charge is 0.481 e. The normalized spacial score (nSPS) is 21.9. The second-order valence-corrected chi connectivity index (χ2v) is 5.77. The lowest BCUT2D eigenvalue weighted by Crippen LogP contribution is -2.31. The maximum Gasteiger partial charge on any atom is 0.270 e. The number of likely N-dealkylation sites (tertiary alicyclic amines) is 1. The molecule has 0 bridgehead atoms. The van der Waals surface area contributed by atoms with Gasteiger partial charge in [0.05, 0.1) is 19.4 Å². The second-order valence-electron chi connectivity index (χ2n) is 5.77. The molecule has 3 rings (SSSR count). The number of nitrogens with zero attached hydrogens (tertiary/aromatic N) is 4. The molecule has 3 heterocycles. The summed E-state index contributed by atoms with van der Waals surface area (Å²) in [5.41, 5.74) is 6.60. The van der Waals surface area contributed by atoms with E-state index in [0.29, 0.717) is 43.2 Å². The van der Waals surface area contributed by atoms with Crippen molar-refractivity contribution in [1.29, 1.82) is 0 Å². The van der Waals surface area contributed by atoms with Crippen LogP contribution in [0.3, 0.4) is 0 Å². The SMILES string of the molecule is COc1ccc2ncc(=O)n(CCN3C[C@H](CN)[C@H](O)C3)c2n1. The van der Waals surface area contributed by atoms with Crippen LogP contribution >= 0.6 is 0 Å². The summed E-state index contributed by atoms with van der Waals surface area (Å²) < 4.78 is 6.72. The van der Waals surface area contributed by atoms with Gasteiger partial charge in [-0.3, -0.25) is 14.3 Å². The first kappa shape index (κ1) is 15.9. The Bertz CT molecular complexity index is 747. The number of β-amino-alcohol motifs (C(OH)–C–C–N with tert-alkyl or cyclic N) is 1. The lowest BCUT2D eigenvalue weighted by molar-refractivity contribution is 0.144. The third-order valence-corrected chi connectivity index (χ3v) is 4.30. The highest BCUT2D eigenvalue weighted by Gasteiger charge is 2.29. The van der Waals surface area contributed by atoms with Gasteiger partial charge in [-0.15, -0.1) is 0 Å². The number of methoxy groups -OCH3 is 1. The number of hydrogen-bond acceptors (Lipinski definition) is 7. The monoisotopic (exact) mass is 319 g/mol. The molecule has 8 nitrogen and oxygen atoms in total. The molecule has 2 aromatic heterocycles. The van der Waals surface area contributed by atoms with E-state index in [1.807, 2.05) is 0 Å². The molecule has 1 fully saturated rings. The van der Waals surface area contributed by atoms with Crippen molar-refractivity contribution in [3.05, 3.63) is 28.7 Å². The number of rotatable bonds is 5. The summed E-state index contributed by atoms with van der Waals surface area (Å²) in [6.07, 6.45) is 0.905. The van der Waals surface area contributed by atoms with Crippen LogP contribution in [0.4, 0.5) is 0 Å². The molecule has 1 saturated heterocycles. The maximum atomic E-state index is 12.2. The third-order valence-electron chi connectivity index (χ3n) is 4.30. The standard InChI is InChI=1S/C15H21N5O3/c1-23-13-3-2-11-15(18-13)20(14(22)7-17-11)5-4-19-8-10(6-16)12(21)9-19/h2-3,7,10,12,21H,4-6,8-9,16H2,1H3/t10-,12+/m0/s1. The van der Waals surface area contributed by atoms with Gasteiger partial charge in [0.25, 0.3) is 5.56 Å². The van der Waals surface area contributed by atoms with Gasteiger partial charge in [0.1, 0.15) is 5.52 Å². The fourth-order valence-electron chi connectivity index (χ4n) is 2.95. The predicted octanol–water partition coefficient (Wildman–Crippen LogP) is -0.948. The van der Waals surface area contributed by atoms with Crippen molar-refractivity contribution < 1.29 is 9.84 Å². The molecule has 0 radical (unpaired) electrons. The Morgan fingerprint density at radius 3 is 2.91 bits per heavy atom. The van der Waals surface area contributed by atoms with Gasteiger partial charge in [-0.1, -0.05) is 0 Å². The van der Waals surface area contributed by atoms with Crippen LogP contribution < -0.4 is 16.0 Å². The van der Waals surface area contributed by atoms with Gasteiger partial charge in [0, 0.05) is 38.2 Å². The summed E-state index contributed by atoms with van der Waals surface area (Å²) in [7, 11) is 1.53. The summed E-state index contributed by atoms with van der Waals surface area (Å²) in [6, 6.07) is 3.49. The molecule has 124 valence electrons. The lowest BCUT2D eigenvalue weighted by atomic mass is 10.1. The van der Waals surface area contributed by atoms with Crippen molar-refractivity contribution in [2.75, 3.05) is 33.3 Å². The molecule has 1 aliphatic heterocycles. The first-order chi connectivity index (χ1) is 11.1. The van der Waals surface area contributed by atoms with Gasteiger partial charge in [-0.05, 0) is 12.6 Å². The Hall–Kier alpha value is -2.03. The molecule has 0 aliphatic carbocycles. The summed E-state index contributed by atoms with van der Waals surface area (Å²) in [6.45, 7) is 2.91. The molecule has 23 heavy (non-hydrogen) atoms. The van der Waals surface area contributed by atoms with Crippen molar-refractivity contribution in [2.45, 2.75) is 12.6 Å². The number of aromatic nitrogens is 3. The van der Waals surface area contributed by atoms with E-state index >= 15 is 0 Å². The number of aliphatic hydroxyl groups excluding tert-OH is 1. The Labute approximate surface area is 133 Å². The van der Waals surface area contributed by atoms with E-state index in [0.717, 1.165) is 6.54 Å². The number of pyridine rings is 1. The minimum absolute atomic E-state index is 0.0964. The van der Waals surface area contributed by atoms with Gasteiger partial charge >= 0.3 is 0 Å². The number of fused-ring (bicyclic) bond motifs is 1. The predicted molar refractivity (Wildman–Crippen MR) is 85.3 cm³/mol. The zero-order chi connectivity index (χ0) is 16.4. The summed E-state index contributed by atoms with van der Waals surface area (Å²) in [5.74, 6) is 0.539.